The van der Waals surface area contributed by atoms with Crippen LogP contribution in [0.5, 0.6) is 0 Å². The van der Waals surface area contributed by atoms with Crippen LogP contribution in [0.1, 0.15) is 17.5 Å². The molecule has 0 saturated heterocycles. The molecule has 2 aromatic rings. The van der Waals surface area contributed by atoms with Gasteiger partial charge in [0.1, 0.15) is 5.82 Å². The largest absolute Gasteiger partial charge is 0.360 e. The standard InChI is InChI=1S/C16H19BrN2/c1-13-11-16(18-12-15(13)17)19(2)10-6-9-14-7-4-3-5-8-14/h3-5,7-8,11-12H,6,9-10H2,1-2H3. The number of rotatable bonds is 5. The number of halogens is 1. The van der Waals surface area contributed by atoms with Gasteiger partial charge in [-0.1, -0.05) is 30.3 Å². The van der Waals surface area contributed by atoms with E-state index < -0.39 is 0 Å². The van der Waals surface area contributed by atoms with Gasteiger partial charge in [-0.05, 0) is 52.9 Å². The van der Waals surface area contributed by atoms with Crippen molar-refractivity contribution in [3.05, 3.63) is 58.2 Å². The van der Waals surface area contributed by atoms with Crippen LogP contribution in [0.2, 0.25) is 0 Å². The first kappa shape index (κ1) is 14.1. The number of aromatic nitrogens is 1. The number of nitrogens with zero attached hydrogens (tertiary/aromatic N) is 2. The molecule has 0 saturated carbocycles. The molecule has 0 spiro atoms. The molecule has 0 bridgehead atoms. The molecule has 1 aromatic carbocycles. The predicted octanol–water partition coefficient (Wildman–Crippen LogP) is 4.22. The van der Waals surface area contributed by atoms with E-state index in [1.165, 1.54) is 11.1 Å². The second-order valence-electron chi connectivity index (χ2n) is 4.80. The zero-order chi connectivity index (χ0) is 13.7. The Bertz CT molecular complexity index is 526. The summed E-state index contributed by atoms with van der Waals surface area (Å²) in [4.78, 5) is 6.65. The van der Waals surface area contributed by atoms with Crippen molar-refractivity contribution in [3.8, 4) is 0 Å². The molecule has 2 nitrogen and oxygen atoms in total. The summed E-state index contributed by atoms with van der Waals surface area (Å²) in [7, 11) is 2.10. The van der Waals surface area contributed by atoms with E-state index in [0.717, 1.165) is 29.7 Å². The molecule has 0 amide bonds. The molecule has 0 fully saturated rings. The second kappa shape index (κ2) is 6.71. The van der Waals surface area contributed by atoms with E-state index >= 15 is 0 Å². The maximum absolute atomic E-state index is 4.44. The Morgan fingerprint density at radius 2 is 1.95 bits per heavy atom. The molecule has 0 aliphatic carbocycles. The van der Waals surface area contributed by atoms with Gasteiger partial charge in [0.25, 0.3) is 0 Å². The third-order valence-electron chi connectivity index (χ3n) is 3.23. The molecule has 0 atom stereocenters. The second-order valence-corrected chi connectivity index (χ2v) is 5.66. The molecular weight excluding hydrogens is 300 g/mol. The zero-order valence-corrected chi connectivity index (χ0v) is 13.0. The summed E-state index contributed by atoms with van der Waals surface area (Å²) in [5.74, 6) is 1.04. The number of pyridine rings is 1. The first-order valence-electron chi connectivity index (χ1n) is 6.54. The minimum absolute atomic E-state index is 1.02. The number of benzene rings is 1. The van der Waals surface area contributed by atoms with Gasteiger partial charge in [-0.25, -0.2) is 4.98 Å². The summed E-state index contributed by atoms with van der Waals surface area (Å²) in [6, 6.07) is 12.7. The lowest BCUT2D eigenvalue weighted by Gasteiger charge is -2.18. The van der Waals surface area contributed by atoms with Crippen molar-refractivity contribution in [2.75, 3.05) is 18.5 Å². The summed E-state index contributed by atoms with van der Waals surface area (Å²) in [6.07, 6.45) is 4.12. The van der Waals surface area contributed by atoms with Gasteiger partial charge in [0, 0.05) is 24.3 Å². The van der Waals surface area contributed by atoms with Crippen molar-refractivity contribution in [1.29, 1.82) is 0 Å². The number of anilines is 1. The third-order valence-corrected chi connectivity index (χ3v) is 4.06. The van der Waals surface area contributed by atoms with Crippen molar-refractivity contribution in [2.24, 2.45) is 0 Å². The lowest BCUT2D eigenvalue weighted by Crippen LogP contribution is -2.20. The Labute approximate surface area is 123 Å². The van der Waals surface area contributed by atoms with Crippen LogP contribution < -0.4 is 4.90 Å². The van der Waals surface area contributed by atoms with Crippen LogP contribution in [0.4, 0.5) is 5.82 Å². The van der Waals surface area contributed by atoms with Crippen molar-refractivity contribution in [3.63, 3.8) is 0 Å². The summed E-state index contributed by atoms with van der Waals surface area (Å²) in [6.45, 7) is 3.11. The topological polar surface area (TPSA) is 16.1 Å². The molecule has 100 valence electrons. The smallest absolute Gasteiger partial charge is 0.128 e. The summed E-state index contributed by atoms with van der Waals surface area (Å²) >= 11 is 3.48. The highest BCUT2D eigenvalue weighted by Gasteiger charge is 2.04. The quantitative estimate of drug-likeness (QED) is 0.820. The fourth-order valence-electron chi connectivity index (χ4n) is 2.01. The molecule has 2 rings (SSSR count). The summed E-state index contributed by atoms with van der Waals surface area (Å²) in [5.41, 5.74) is 2.62. The van der Waals surface area contributed by atoms with Crippen molar-refractivity contribution in [1.82, 2.24) is 4.98 Å². The Kier molecular flexibility index (Phi) is 4.97. The van der Waals surface area contributed by atoms with E-state index in [0.29, 0.717) is 0 Å². The van der Waals surface area contributed by atoms with E-state index in [1.54, 1.807) is 0 Å². The van der Waals surface area contributed by atoms with E-state index in [1.807, 2.05) is 6.20 Å². The summed E-state index contributed by atoms with van der Waals surface area (Å²) in [5, 5.41) is 0. The first-order valence-corrected chi connectivity index (χ1v) is 7.33. The fourth-order valence-corrected chi connectivity index (χ4v) is 2.23. The fraction of sp³-hybridized carbons (Fsp3) is 0.312. The minimum Gasteiger partial charge on any atom is -0.360 e. The van der Waals surface area contributed by atoms with Crippen LogP contribution in [0.25, 0.3) is 0 Å². The van der Waals surface area contributed by atoms with Gasteiger partial charge in [0.15, 0.2) is 0 Å². The van der Waals surface area contributed by atoms with E-state index in [-0.39, 0.29) is 0 Å². The molecular formula is C16H19BrN2. The van der Waals surface area contributed by atoms with Crippen LogP contribution in [0.15, 0.2) is 47.1 Å². The van der Waals surface area contributed by atoms with Crippen LogP contribution in [-0.2, 0) is 6.42 Å². The molecule has 19 heavy (non-hydrogen) atoms. The molecule has 0 aliphatic rings. The monoisotopic (exact) mass is 318 g/mol. The highest BCUT2D eigenvalue weighted by atomic mass is 79.9. The Hall–Kier alpha value is -1.35. The van der Waals surface area contributed by atoms with E-state index in [2.05, 4.69) is 76.2 Å². The highest BCUT2D eigenvalue weighted by Crippen LogP contribution is 2.19. The van der Waals surface area contributed by atoms with Crippen LogP contribution >= 0.6 is 15.9 Å². The molecule has 1 aromatic heterocycles. The molecule has 0 unspecified atom stereocenters. The van der Waals surface area contributed by atoms with Gasteiger partial charge in [-0.15, -0.1) is 0 Å². The molecule has 3 heteroatoms. The third kappa shape index (κ3) is 4.06. The number of aryl methyl sites for hydroxylation is 2. The molecule has 0 aliphatic heterocycles. The maximum Gasteiger partial charge on any atom is 0.128 e. The summed E-state index contributed by atoms with van der Waals surface area (Å²) < 4.78 is 1.06. The zero-order valence-electron chi connectivity index (χ0n) is 11.4. The average molecular weight is 319 g/mol. The number of hydrogen-bond acceptors (Lipinski definition) is 2. The highest BCUT2D eigenvalue weighted by molar-refractivity contribution is 9.10. The molecule has 1 heterocycles. The Morgan fingerprint density at radius 1 is 1.21 bits per heavy atom. The van der Waals surface area contributed by atoms with Crippen molar-refractivity contribution < 1.29 is 0 Å². The van der Waals surface area contributed by atoms with Gasteiger partial charge in [-0.2, -0.15) is 0 Å². The Balaban J connectivity index is 1.87. The lowest BCUT2D eigenvalue weighted by atomic mass is 10.1. The number of hydrogen-bond donors (Lipinski definition) is 0. The normalized spacial score (nSPS) is 10.5. The van der Waals surface area contributed by atoms with Gasteiger partial charge in [-0.3, -0.25) is 0 Å². The van der Waals surface area contributed by atoms with Gasteiger partial charge < -0.3 is 4.90 Å². The minimum atomic E-state index is 1.02. The van der Waals surface area contributed by atoms with Gasteiger partial charge in [0.2, 0.25) is 0 Å². The predicted molar refractivity (Wildman–Crippen MR) is 84.7 cm³/mol. The average Bonchev–Trinajstić information content (AvgIpc) is 2.43. The Morgan fingerprint density at radius 3 is 2.63 bits per heavy atom. The van der Waals surface area contributed by atoms with Crippen molar-refractivity contribution in [2.45, 2.75) is 19.8 Å². The van der Waals surface area contributed by atoms with E-state index in [9.17, 15) is 0 Å². The van der Waals surface area contributed by atoms with Crippen LogP contribution in [0, 0.1) is 6.92 Å². The van der Waals surface area contributed by atoms with Gasteiger partial charge in [0.05, 0.1) is 0 Å². The van der Waals surface area contributed by atoms with Crippen molar-refractivity contribution >= 4 is 21.7 Å². The molecule has 0 N–H and O–H groups in total. The SMILES string of the molecule is Cc1cc(N(C)CCCc2ccccc2)ncc1Br. The van der Waals surface area contributed by atoms with Crippen LogP contribution in [-0.4, -0.2) is 18.6 Å². The first-order chi connectivity index (χ1) is 9.16. The van der Waals surface area contributed by atoms with Crippen LogP contribution in [0.3, 0.4) is 0 Å². The van der Waals surface area contributed by atoms with Gasteiger partial charge >= 0.3 is 0 Å². The maximum atomic E-state index is 4.44. The van der Waals surface area contributed by atoms with E-state index in [4.69, 9.17) is 0 Å². The lowest BCUT2D eigenvalue weighted by molar-refractivity contribution is 0.777. The molecule has 0 radical (unpaired) electrons.